The Kier molecular flexibility index (Phi) is 3.54. The van der Waals surface area contributed by atoms with Crippen molar-refractivity contribution in [3.63, 3.8) is 0 Å². The van der Waals surface area contributed by atoms with Gasteiger partial charge in [0.25, 0.3) is 0 Å². The van der Waals surface area contributed by atoms with Crippen LogP contribution < -0.4 is 5.32 Å². The Bertz CT molecular complexity index is 602. The van der Waals surface area contributed by atoms with Crippen LogP contribution >= 0.6 is 0 Å². The van der Waals surface area contributed by atoms with E-state index in [9.17, 15) is 4.39 Å². The van der Waals surface area contributed by atoms with Gasteiger partial charge in [0.15, 0.2) is 0 Å². The number of halogens is 1. The van der Waals surface area contributed by atoms with Crippen molar-refractivity contribution < 1.29 is 4.39 Å². The lowest BCUT2D eigenvalue weighted by atomic mass is 10.1. The van der Waals surface area contributed by atoms with Crippen LogP contribution in [0.4, 0.5) is 10.1 Å². The number of nitrogens with zero attached hydrogens (tertiary/aromatic N) is 2. The zero-order valence-electron chi connectivity index (χ0n) is 9.94. The van der Waals surface area contributed by atoms with E-state index in [1.165, 1.54) is 12.1 Å². The maximum atomic E-state index is 13.0. The zero-order chi connectivity index (χ0) is 13.0. The predicted octanol–water partition coefficient (Wildman–Crippen LogP) is 3.01. The van der Waals surface area contributed by atoms with Gasteiger partial charge < -0.3 is 5.32 Å². The van der Waals surface area contributed by atoms with Crippen LogP contribution in [0.2, 0.25) is 0 Å². The van der Waals surface area contributed by atoms with Crippen molar-refractivity contribution in [1.82, 2.24) is 4.98 Å². The fourth-order valence-electron chi connectivity index (χ4n) is 1.67. The molecule has 0 saturated heterocycles. The quantitative estimate of drug-likeness (QED) is 0.898. The maximum Gasteiger partial charge on any atom is 0.124 e. The molecule has 1 N–H and O–H groups in total. The molecule has 0 aliphatic carbocycles. The number of pyridine rings is 1. The van der Waals surface area contributed by atoms with Crippen LogP contribution in [-0.4, -0.2) is 4.98 Å². The van der Waals surface area contributed by atoms with Gasteiger partial charge in [-0.1, -0.05) is 6.07 Å². The van der Waals surface area contributed by atoms with Gasteiger partial charge in [-0.05, 0) is 36.2 Å². The summed E-state index contributed by atoms with van der Waals surface area (Å²) >= 11 is 0. The molecule has 0 amide bonds. The summed E-state index contributed by atoms with van der Waals surface area (Å²) < 4.78 is 13.0. The number of rotatable bonds is 3. The fraction of sp³-hybridized carbons (Fsp3) is 0.143. The van der Waals surface area contributed by atoms with Crippen LogP contribution in [0.15, 0.2) is 36.7 Å². The molecule has 1 heterocycles. The highest BCUT2D eigenvalue weighted by molar-refractivity contribution is 5.57. The molecule has 2 aromatic rings. The lowest BCUT2D eigenvalue weighted by molar-refractivity contribution is 0.627. The van der Waals surface area contributed by atoms with Gasteiger partial charge in [0.1, 0.15) is 11.9 Å². The molecule has 0 atom stereocenters. The molecule has 18 heavy (non-hydrogen) atoms. The average molecular weight is 241 g/mol. The van der Waals surface area contributed by atoms with Crippen molar-refractivity contribution in [2.24, 2.45) is 0 Å². The third-order valence-corrected chi connectivity index (χ3v) is 2.52. The first kappa shape index (κ1) is 12.1. The standard InChI is InChI=1S/C14H12FN3/c1-10-4-11(8-17-7-10)9-18-14-3-2-13(15)5-12(14)6-16/h2-5,7-8,18H,9H2,1H3. The van der Waals surface area contributed by atoms with Crippen LogP contribution in [0.1, 0.15) is 16.7 Å². The summed E-state index contributed by atoms with van der Waals surface area (Å²) in [4.78, 5) is 4.09. The van der Waals surface area contributed by atoms with E-state index in [0.29, 0.717) is 17.8 Å². The molecule has 1 aromatic carbocycles. The van der Waals surface area contributed by atoms with E-state index in [2.05, 4.69) is 10.3 Å². The van der Waals surface area contributed by atoms with Gasteiger partial charge in [0.05, 0.1) is 11.3 Å². The third-order valence-electron chi connectivity index (χ3n) is 2.52. The summed E-state index contributed by atoms with van der Waals surface area (Å²) in [6.07, 6.45) is 3.54. The summed E-state index contributed by atoms with van der Waals surface area (Å²) in [6.45, 7) is 2.52. The van der Waals surface area contributed by atoms with Crippen molar-refractivity contribution >= 4 is 5.69 Å². The molecule has 0 unspecified atom stereocenters. The number of nitrogens with one attached hydrogen (secondary N) is 1. The first-order chi connectivity index (χ1) is 8.69. The highest BCUT2D eigenvalue weighted by atomic mass is 19.1. The van der Waals surface area contributed by atoms with Crippen molar-refractivity contribution in [2.45, 2.75) is 13.5 Å². The molecule has 0 fully saturated rings. The third kappa shape index (κ3) is 2.83. The Morgan fingerprint density at radius 1 is 1.33 bits per heavy atom. The topological polar surface area (TPSA) is 48.7 Å². The van der Waals surface area contributed by atoms with Crippen LogP contribution in [-0.2, 0) is 6.54 Å². The highest BCUT2D eigenvalue weighted by Crippen LogP contribution is 2.17. The molecule has 0 bridgehead atoms. The number of aryl methyl sites for hydroxylation is 1. The number of hydrogen-bond donors (Lipinski definition) is 1. The summed E-state index contributed by atoms with van der Waals surface area (Å²) in [5, 5.41) is 12.0. The molecule has 0 saturated carbocycles. The number of hydrogen-bond acceptors (Lipinski definition) is 3. The second kappa shape index (κ2) is 5.28. The van der Waals surface area contributed by atoms with Crippen molar-refractivity contribution in [3.05, 3.63) is 59.2 Å². The van der Waals surface area contributed by atoms with Gasteiger partial charge in [-0.15, -0.1) is 0 Å². The van der Waals surface area contributed by atoms with E-state index in [-0.39, 0.29) is 0 Å². The minimum absolute atomic E-state index is 0.301. The van der Waals surface area contributed by atoms with Gasteiger partial charge >= 0.3 is 0 Å². The van der Waals surface area contributed by atoms with E-state index >= 15 is 0 Å². The zero-order valence-corrected chi connectivity index (χ0v) is 9.94. The van der Waals surface area contributed by atoms with Crippen LogP contribution in [0, 0.1) is 24.1 Å². The van der Waals surface area contributed by atoms with Gasteiger partial charge in [-0.25, -0.2) is 4.39 Å². The normalized spacial score (nSPS) is 9.83. The molecule has 3 nitrogen and oxygen atoms in total. The molecule has 0 aliphatic rings. The second-order valence-electron chi connectivity index (χ2n) is 4.03. The number of nitriles is 1. The molecule has 1 aromatic heterocycles. The smallest absolute Gasteiger partial charge is 0.124 e. The van der Waals surface area contributed by atoms with Gasteiger partial charge in [0.2, 0.25) is 0 Å². The number of anilines is 1. The first-order valence-corrected chi connectivity index (χ1v) is 5.53. The van der Waals surface area contributed by atoms with E-state index in [4.69, 9.17) is 5.26 Å². The SMILES string of the molecule is Cc1cncc(CNc2ccc(F)cc2C#N)c1. The number of benzene rings is 1. The molecule has 0 spiro atoms. The Labute approximate surface area is 105 Å². The minimum atomic E-state index is -0.408. The number of aromatic nitrogens is 1. The first-order valence-electron chi connectivity index (χ1n) is 5.53. The monoisotopic (exact) mass is 241 g/mol. The lowest BCUT2D eigenvalue weighted by Crippen LogP contribution is -2.02. The summed E-state index contributed by atoms with van der Waals surface area (Å²) in [7, 11) is 0. The van der Waals surface area contributed by atoms with E-state index in [1.807, 2.05) is 19.1 Å². The second-order valence-corrected chi connectivity index (χ2v) is 4.03. The molecule has 0 radical (unpaired) electrons. The maximum absolute atomic E-state index is 13.0. The largest absolute Gasteiger partial charge is 0.380 e. The molecule has 0 aliphatic heterocycles. The van der Waals surface area contributed by atoms with Crippen molar-refractivity contribution in [1.29, 1.82) is 5.26 Å². The van der Waals surface area contributed by atoms with Crippen LogP contribution in [0.5, 0.6) is 0 Å². The Morgan fingerprint density at radius 2 is 2.17 bits per heavy atom. The van der Waals surface area contributed by atoms with Gasteiger partial charge in [-0.3, -0.25) is 4.98 Å². The average Bonchev–Trinajstić information content (AvgIpc) is 2.37. The fourth-order valence-corrected chi connectivity index (χ4v) is 1.67. The molecule has 4 heteroatoms. The highest BCUT2D eigenvalue weighted by Gasteiger charge is 2.03. The Balaban J connectivity index is 2.14. The Morgan fingerprint density at radius 3 is 2.89 bits per heavy atom. The van der Waals surface area contributed by atoms with Crippen LogP contribution in [0.3, 0.4) is 0 Å². The van der Waals surface area contributed by atoms with Gasteiger partial charge in [0, 0.05) is 18.9 Å². The van der Waals surface area contributed by atoms with Crippen LogP contribution in [0.25, 0.3) is 0 Å². The van der Waals surface area contributed by atoms with Crippen molar-refractivity contribution in [3.8, 4) is 6.07 Å². The molecular formula is C14H12FN3. The van der Waals surface area contributed by atoms with Gasteiger partial charge in [-0.2, -0.15) is 5.26 Å². The summed E-state index contributed by atoms with van der Waals surface area (Å²) in [6, 6.07) is 8.09. The Hall–Kier alpha value is -2.41. The van der Waals surface area contributed by atoms with E-state index in [1.54, 1.807) is 18.5 Å². The molecule has 2 rings (SSSR count). The molecule has 90 valence electrons. The van der Waals surface area contributed by atoms with E-state index < -0.39 is 5.82 Å². The summed E-state index contributed by atoms with van der Waals surface area (Å²) in [5.74, 6) is -0.408. The predicted molar refractivity (Wildman–Crippen MR) is 67.4 cm³/mol. The summed E-state index contributed by atoms with van der Waals surface area (Å²) in [5.41, 5.74) is 3.02. The van der Waals surface area contributed by atoms with E-state index in [0.717, 1.165) is 11.1 Å². The van der Waals surface area contributed by atoms with Crippen molar-refractivity contribution in [2.75, 3.05) is 5.32 Å². The molecular weight excluding hydrogens is 229 g/mol. The lowest BCUT2D eigenvalue weighted by Gasteiger charge is -2.08. The minimum Gasteiger partial charge on any atom is -0.380 e.